The number of nitrogens with one attached hydrogen (secondary N) is 2. The third-order valence-corrected chi connectivity index (χ3v) is 8.36. The maximum Gasteiger partial charge on any atom is 0.237 e. The summed E-state index contributed by atoms with van der Waals surface area (Å²) < 4.78 is 0.115. The number of carbonyl (C=O) groups is 2. The van der Waals surface area contributed by atoms with Gasteiger partial charge in [0.05, 0.1) is 15.3 Å². The van der Waals surface area contributed by atoms with Crippen LogP contribution in [0.4, 0.5) is 11.4 Å². The van der Waals surface area contributed by atoms with Crippen molar-refractivity contribution >= 4 is 68.5 Å². The minimum absolute atomic E-state index is 0.115. The Hall–Kier alpha value is -0.930. The van der Waals surface area contributed by atoms with Crippen molar-refractivity contribution in [3.8, 4) is 0 Å². The maximum absolute atomic E-state index is 11.6. The van der Waals surface area contributed by atoms with Crippen molar-refractivity contribution in [2.24, 2.45) is 0 Å². The number of amides is 2. The van der Waals surface area contributed by atoms with Gasteiger partial charge in [0.1, 0.15) is 0 Å². The summed E-state index contributed by atoms with van der Waals surface area (Å²) in [5, 5.41) is 6.01. The number of carbonyl (C=O) groups excluding carboxylic acids is 2. The van der Waals surface area contributed by atoms with E-state index in [-0.39, 0.29) is 15.7 Å². The van der Waals surface area contributed by atoms with Crippen molar-refractivity contribution in [3.05, 3.63) is 30.6 Å². The molecule has 0 aliphatic carbocycles. The standard InChI is InChI=1S/C10H12INOS.C10H13NOS/c1-5-7-3-4-8(11)10(13)12-9(7)6(2)14-5;1-6-8-4-3-5-9(12)11-10(8)7(2)13-6/h8H,3-4H2,1-2H3,(H,12,13);3-5H2,1-2H3,(H,11,12). The van der Waals surface area contributed by atoms with E-state index in [9.17, 15) is 9.59 Å². The van der Waals surface area contributed by atoms with Gasteiger partial charge in [0.15, 0.2) is 0 Å². The highest BCUT2D eigenvalue weighted by Gasteiger charge is 2.24. The van der Waals surface area contributed by atoms with Crippen LogP contribution in [0.25, 0.3) is 0 Å². The van der Waals surface area contributed by atoms with Gasteiger partial charge in [-0.25, -0.2) is 0 Å². The summed E-state index contributed by atoms with van der Waals surface area (Å²) >= 11 is 5.78. The van der Waals surface area contributed by atoms with E-state index in [0.717, 1.165) is 37.1 Å². The van der Waals surface area contributed by atoms with E-state index in [2.05, 4.69) is 60.9 Å². The number of anilines is 2. The smallest absolute Gasteiger partial charge is 0.237 e. The van der Waals surface area contributed by atoms with E-state index in [1.165, 1.54) is 30.6 Å². The molecule has 2 N–H and O–H groups in total. The quantitative estimate of drug-likeness (QED) is 0.349. The lowest BCUT2D eigenvalue weighted by molar-refractivity contribution is -0.116. The first-order chi connectivity index (χ1) is 12.8. The summed E-state index contributed by atoms with van der Waals surface area (Å²) in [6.07, 6.45) is 4.67. The third kappa shape index (κ3) is 4.56. The molecule has 1 unspecified atom stereocenters. The van der Waals surface area contributed by atoms with Crippen molar-refractivity contribution in [1.29, 1.82) is 0 Å². The van der Waals surface area contributed by atoms with Gasteiger partial charge < -0.3 is 10.6 Å². The van der Waals surface area contributed by atoms with Gasteiger partial charge in [-0.2, -0.15) is 0 Å². The molecular weight excluding hydrogens is 491 g/mol. The van der Waals surface area contributed by atoms with Gasteiger partial charge in [-0.3, -0.25) is 9.59 Å². The highest BCUT2D eigenvalue weighted by molar-refractivity contribution is 14.1. The van der Waals surface area contributed by atoms with Crippen LogP contribution in [0, 0.1) is 27.7 Å². The summed E-state index contributed by atoms with van der Waals surface area (Å²) in [4.78, 5) is 28.1. The van der Waals surface area contributed by atoms with Crippen LogP contribution in [0.5, 0.6) is 0 Å². The fourth-order valence-electron chi connectivity index (χ4n) is 3.62. The Bertz CT molecular complexity index is 885. The number of hydrogen-bond acceptors (Lipinski definition) is 4. The van der Waals surface area contributed by atoms with Crippen LogP contribution in [0.2, 0.25) is 0 Å². The molecule has 2 amide bonds. The van der Waals surface area contributed by atoms with Crippen LogP contribution in [0.15, 0.2) is 0 Å². The lowest BCUT2D eigenvalue weighted by Crippen LogP contribution is -2.20. The van der Waals surface area contributed by atoms with E-state index >= 15 is 0 Å². The number of rotatable bonds is 0. The zero-order valence-electron chi connectivity index (χ0n) is 16.1. The maximum atomic E-state index is 11.6. The second-order valence-corrected chi connectivity index (χ2v) is 11.4. The summed E-state index contributed by atoms with van der Waals surface area (Å²) in [7, 11) is 0. The van der Waals surface area contributed by atoms with E-state index in [1.54, 1.807) is 22.7 Å². The minimum atomic E-state index is 0.115. The fourth-order valence-corrected chi connectivity index (χ4v) is 6.21. The zero-order valence-corrected chi connectivity index (χ0v) is 19.9. The first-order valence-electron chi connectivity index (χ1n) is 9.20. The normalized spacial score (nSPS) is 18.9. The van der Waals surface area contributed by atoms with Crippen LogP contribution in [0.1, 0.15) is 49.9 Å². The van der Waals surface area contributed by atoms with Crippen LogP contribution in [0.3, 0.4) is 0 Å². The van der Waals surface area contributed by atoms with E-state index in [0.29, 0.717) is 6.42 Å². The van der Waals surface area contributed by atoms with Crippen LogP contribution >= 0.6 is 45.3 Å². The van der Waals surface area contributed by atoms with Gasteiger partial charge >= 0.3 is 0 Å². The van der Waals surface area contributed by atoms with Crippen molar-refractivity contribution < 1.29 is 9.59 Å². The largest absolute Gasteiger partial charge is 0.325 e. The molecule has 146 valence electrons. The monoisotopic (exact) mass is 516 g/mol. The van der Waals surface area contributed by atoms with Crippen LogP contribution in [-0.4, -0.2) is 15.7 Å². The highest BCUT2D eigenvalue weighted by Crippen LogP contribution is 2.36. The molecule has 4 rings (SSSR count). The molecule has 0 saturated heterocycles. The van der Waals surface area contributed by atoms with Crippen molar-refractivity contribution in [2.45, 2.75) is 63.7 Å². The number of halogens is 1. The molecule has 27 heavy (non-hydrogen) atoms. The first-order valence-corrected chi connectivity index (χ1v) is 12.1. The SMILES string of the molecule is Cc1sc(C)c2c1CCC(I)C(=O)N2.Cc1sc(C)c2c1CCCC(=O)N2. The molecule has 2 aromatic rings. The first kappa shape index (κ1) is 20.8. The molecule has 0 spiro atoms. The Morgan fingerprint density at radius 3 is 2.00 bits per heavy atom. The molecule has 0 radical (unpaired) electrons. The Kier molecular flexibility index (Phi) is 6.63. The summed E-state index contributed by atoms with van der Waals surface area (Å²) in [6.45, 7) is 8.41. The minimum Gasteiger partial charge on any atom is -0.325 e. The second-order valence-electron chi connectivity index (χ2n) is 7.03. The summed E-state index contributed by atoms with van der Waals surface area (Å²) in [5.41, 5.74) is 4.87. The molecule has 1 atom stereocenters. The third-order valence-electron chi connectivity index (χ3n) is 5.05. The predicted octanol–water partition coefficient (Wildman–Crippen LogP) is 5.69. The number of aryl methyl sites for hydroxylation is 4. The number of thiophene rings is 2. The molecule has 4 nitrogen and oxygen atoms in total. The fraction of sp³-hybridized carbons (Fsp3) is 0.500. The lowest BCUT2D eigenvalue weighted by atomic mass is 10.1. The molecule has 0 aromatic carbocycles. The van der Waals surface area contributed by atoms with Crippen molar-refractivity contribution in [2.75, 3.05) is 10.6 Å². The molecule has 0 fully saturated rings. The number of fused-ring (bicyclic) bond motifs is 2. The Morgan fingerprint density at radius 2 is 1.37 bits per heavy atom. The van der Waals surface area contributed by atoms with Gasteiger partial charge in [-0.15, -0.1) is 22.7 Å². The molecule has 2 aromatic heterocycles. The Balaban J connectivity index is 0.000000156. The van der Waals surface area contributed by atoms with Gasteiger partial charge in [0.25, 0.3) is 0 Å². The average molecular weight is 516 g/mol. The molecular formula is C20H25IN2O2S2. The van der Waals surface area contributed by atoms with E-state index < -0.39 is 0 Å². The van der Waals surface area contributed by atoms with Gasteiger partial charge in [0, 0.05) is 25.9 Å². The zero-order chi connectivity index (χ0) is 19.7. The van der Waals surface area contributed by atoms with Gasteiger partial charge in [-0.1, -0.05) is 22.6 Å². The molecule has 2 aliphatic heterocycles. The molecule has 0 bridgehead atoms. The second kappa shape index (κ2) is 8.61. The van der Waals surface area contributed by atoms with Crippen molar-refractivity contribution in [1.82, 2.24) is 0 Å². The molecule has 7 heteroatoms. The highest BCUT2D eigenvalue weighted by atomic mass is 127. The predicted molar refractivity (Wildman–Crippen MR) is 124 cm³/mol. The van der Waals surface area contributed by atoms with Crippen LogP contribution in [-0.2, 0) is 22.4 Å². The average Bonchev–Trinajstić information content (AvgIpc) is 2.87. The number of hydrogen-bond donors (Lipinski definition) is 2. The van der Waals surface area contributed by atoms with Gasteiger partial charge in [-0.05, 0) is 64.5 Å². The van der Waals surface area contributed by atoms with Crippen molar-refractivity contribution in [3.63, 3.8) is 0 Å². The van der Waals surface area contributed by atoms with E-state index in [1.807, 2.05) is 0 Å². The molecule has 4 heterocycles. The molecule has 2 aliphatic rings. The summed E-state index contributed by atoms with van der Waals surface area (Å²) in [5.74, 6) is 0.324. The van der Waals surface area contributed by atoms with Gasteiger partial charge in [0.2, 0.25) is 11.8 Å². The lowest BCUT2D eigenvalue weighted by Gasteiger charge is -2.04. The summed E-state index contributed by atoms with van der Waals surface area (Å²) in [6, 6.07) is 0. The van der Waals surface area contributed by atoms with E-state index in [4.69, 9.17) is 0 Å². The molecule has 0 saturated carbocycles. The number of alkyl halides is 1. The Labute approximate surface area is 182 Å². The topological polar surface area (TPSA) is 58.2 Å². The Morgan fingerprint density at radius 1 is 0.815 bits per heavy atom. The van der Waals surface area contributed by atoms with Crippen LogP contribution < -0.4 is 10.6 Å².